The van der Waals surface area contributed by atoms with Crippen molar-refractivity contribution in [1.29, 1.82) is 0 Å². The normalized spacial score (nSPS) is 15.2. The number of para-hydroxylation sites is 1. The number of aliphatic hydroxyl groups excluding tert-OH is 1. The van der Waals surface area contributed by atoms with E-state index in [1.165, 1.54) is 0 Å². The van der Waals surface area contributed by atoms with E-state index in [0.29, 0.717) is 12.4 Å². The van der Waals surface area contributed by atoms with Gasteiger partial charge in [0.15, 0.2) is 5.82 Å². The van der Waals surface area contributed by atoms with E-state index in [9.17, 15) is 5.11 Å². The highest BCUT2D eigenvalue weighted by Gasteiger charge is 2.18. The molecule has 1 N–H and O–H groups in total. The average Bonchev–Trinajstić information content (AvgIpc) is 2.73. The zero-order valence-corrected chi connectivity index (χ0v) is 16.4. The number of anilines is 2. The highest BCUT2D eigenvalue weighted by atomic mass is 16.3. The molecule has 0 atom stereocenters. The summed E-state index contributed by atoms with van der Waals surface area (Å²) in [5.41, 5.74) is 2.93. The first-order chi connectivity index (χ1) is 13.6. The van der Waals surface area contributed by atoms with Crippen molar-refractivity contribution < 1.29 is 5.11 Å². The van der Waals surface area contributed by atoms with Gasteiger partial charge in [-0.1, -0.05) is 18.2 Å². The first-order valence-electron chi connectivity index (χ1n) is 9.60. The van der Waals surface area contributed by atoms with Crippen LogP contribution in [0.4, 0.5) is 11.5 Å². The Bertz CT molecular complexity index is 949. The molecule has 1 aliphatic heterocycles. The minimum atomic E-state index is -0.159. The van der Waals surface area contributed by atoms with Gasteiger partial charge in [0.1, 0.15) is 12.4 Å². The van der Waals surface area contributed by atoms with Crippen molar-refractivity contribution >= 4 is 22.4 Å². The number of fused-ring (bicyclic) bond motifs is 1. The quantitative estimate of drug-likeness (QED) is 0.727. The molecule has 0 unspecified atom stereocenters. The van der Waals surface area contributed by atoms with Gasteiger partial charge in [-0.05, 0) is 19.2 Å². The van der Waals surface area contributed by atoms with Gasteiger partial charge >= 0.3 is 0 Å². The first-order valence-corrected chi connectivity index (χ1v) is 9.60. The van der Waals surface area contributed by atoms with Gasteiger partial charge in [0, 0.05) is 50.9 Å². The van der Waals surface area contributed by atoms with E-state index in [-0.39, 0.29) is 6.61 Å². The second-order valence-electron chi connectivity index (χ2n) is 7.29. The van der Waals surface area contributed by atoms with Crippen LogP contribution in [0.1, 0.15) is 11.5 Å². The molecule has 0 radical (unpaired) electrons. The van der Waals surface area contributed by atoms with Gasteiger partial charge in [-0.25, -0.2) is 9.97 Å². The highest BCUT2D eigenvalue weighted by molar-refractivity contribution is 5.90. The van der Waals surface area contributed by atoms with Gasteiger partial charge in [0.05, 0.1) is 23.4 Å². The van der Waals surface area contributed by atoms with Gasteiger partial charge in [-0.3, -0.25) is 4.98 Å². The lowest BCUT2D eigenvalue weighted by Crippen LogP contribution is -2.45. The zero-order valence-electron chi connectivity index (χ0n) is 16.4. The molecule has 146 valence electrons. The molecule has 1 aliphatic rings. The fourth-order valence-corrected chi connectivity index (χ4v) is 3.61. The molecule has 7 heteroatoms. The third-order valence-corrected chi connectivity index (χ3v) is 5.20. The Balaban J connectivity index is 1.60. The smallest absolute Gasteiger partial charge is 0.156 e. The second kappa shape index (κ2) is 8.08. The molecule has 0 saturated carbocycles. The highest BCUT2D eigenvalue weighted by Crippen LogP contribution is 2.25. The van der Waals surface area contributed by atoms with E-state index >= 15 is 0 Å². The van der Waals surface area contributed by atoms with Crippen LogP contribution in [0.15, 0.2) is 42.6 Å². The number of pyridine rings is 1. The van der Waals surface area contributed by atoms with Crippen molar-refractivity contribution in [2.24, 2.45) is 0 Å². The van der Waals surface area contributed by atoms with Gasteiger partial charge in [-0.15, -0.1) is 0 Å². The summed E-state index contributed by atoms with van der Waals surface area (Å²) in [6.07, 6.45) is 1.82. The SMILES string of the molecule is CN1CCN(c2cc(CN(C)c3cccc4cccnc34)nc(CO)n2)CC1. The summed E-state index contributed by atoms with van der Waals surface area (Å²) < 4.78 is 0. The summed E-state index contributed by atoms with van der Waals surface area (Å²) in [7, 11) is 4.18. The molecule has 7 nitrogen and oxygen atoms in total. The maximum Gasteiger partial charge on any atom is 0.156 e. The van der Waals surface area contributed by atoms with Crippen LogP contribution < -0.4 is 9.80 Å². The number of rotatable bonds is 5. The Kier molecular flexibility index (Phi) is 5.36. The Morgan fingerprint density at radius 3 is 2.64 bits per heavy atom. The Labute approximate surface area is 165 Å². The predicted octanol–water partition coefficient (Wildman–Crippen LogP) is 1.91. The molecule has 0 amide bonds. The molecule has 4 rings (SSSR count). The molecule has 1 saturated heterocycles. The number of aliphatic hydroxyl groups is 1. The Hall–Kier alpha value is -2.77. The van der Waals surface area contributed by atoms with E-state index in [1.807, 2.05) is 31.4 Å². The zero-order chi connectivity index (χ0) is 19.5. The minimum Gasteiger partial charge on any atom is -0.388 e. The summed E-state index contributed by atoms with van der Waals surface area (Å²) in [5, 5.41) is 10.8. The molecular formula is C21H26N6O. The largest absolute Gasteiger partial charge is 0.388 e. The fourth-order valence-electron chi connectivity index (χ4n) is 3.61. The lowest BCUT2D eigenvalue weighted by Gasteiger charge is -2.33. The molecule has 1 fully saturated rings. The van der Waals surface area contributed by atoms with Gasteiger partial charge in [0.2, 0.25) is 0 Å². The second-order valence-corrected chi connectivity index (χ2v) is 7.29. The lowest BCUT2D eigenvalue weighted by molar-refractivity contribution is 0.270. The fraction of sp³-hybridized carbons (Fsp3) is 0.381. The van der Waals surface area contributed by atoms with Crippen molar-refractivity contribution in [2.75, 3.05) is 50.1 Å². The molecular weight excluding hydrogens is 352 g/mol. The number of nitrogens with zero attached hydrogens (tertiary/aromatic N) is 6. The molecule has 1 aromatic carbocycles. The maximum absolute atomic E-state index is 9.64. The van der Waals surface area contributed by atoms with Gasteiger partial charge in [0.25, 0.3) is 0 Å². The molecule has 0 bridgehead atoms. The van der Waals surface area contributed by atoms with E-state index in [2.05, 4.69) is 54.9 Å². The van der Waals surface area contributed by atoms with Crippen LogP contribution in [0.5, 0.6) is 0 Å². The molecule has 3 heterocycles. The third-order valence-electron chi connectivity index (χ3n) is 5.20. The van der Waals surface area contributed by atoms with Crippen LogP contribution in [0.3, 0.4) is 0 Å². The summed E-state index contributed by atoms with van der Waals surface area (Å²) >= 11 is 0. The molecule has 28 heavy (non-hydrogen) atoms. The third kappa shape index (κ3) is 3.90. The molecule has 0 spiro atoms. The average molecular weight is 378 g/mol. The van der Waals surface area contributed by atoms with Crippen molar-refractivity contribution in [1.82, 2.24) is 19.9 Å². The monoisotopic (exact) mass is 378 g/mol. The Morgan fingerprint density at radius 2 is 1.86 bits per heavy atom. The summed E-state index contributed by atoms with van der Waals surface area (Å²) in [6.45, 7) is 4.34. The molecule has 3 aromatic rings. The van der Waals surface area contributed by atoms with E-state index in [4.69, 9.17) is 0 Å². The van der Waals surface area contributed by atoms with Crippen LogP contribution in [-0.4, -0.2) is 65.2 Å². The van der Waals surface area contributed by atoms with Crippen molar-refractivity contribution in [3.05, 3.63) is 54.1 Å². The summed E-state index contributed by atoms with van der Waals surface area (Å²) in [4.78, 5) is 20.4. The summed E-state index contributed by atoms with van der Waals surface area (Å²) in [5.74, 6) is 1.36. The van der Waals surface area contributed by atoms with Crippen LogP contribution in [0.2, 0.25) is 0 Å². The Morgan fingerprint density at radius 1 is 1.07 bits per heavy atom. The van der Waals surface area contributed by atoms with Crippen molar-refractivity contribution in [3.63, 3.8) is 0 Å². The van der Waals surface area contributed by atoms with Crippen LogP contribution in [0, 0.1) is 0 Å². The summed E-state index contributed by atoms with van der Waals surface area (Å²) in [6, 6.07) is 12.3. The van der Waals surface area contributed by atoms with Crippen LogP contribution in [-0.2, 0) is 13.2 Å². The van der Waals surface area contributed by atoms with Crippen LogP contribution in [0.25, 0.3) is 10.9 Å². The topological polar surface area (TPSA) is 68.6 Å². The van der Waals surface area contributed by atoms with Crippen LogP contribution >= 0.6 is 0 Å². The van der Waals surface area contributed by atoms with E-state index in [1.54, 1.807) is 0 Å². The molecule has 2 aromatic heterocycles. The lowest BCUT2D eigenvalue weighted by atomic mass is 10.1. The number of piperazine rings is 1. The van der Waals surface area contributed by atoms with Gasteiger partial charge in [-0.2, -0.15) is 0 Å². The number of aromatic nitrogens is 3. The predicted molar refractivity (Wildman–Crippen MR) is 112 cm³/mol. The number of likely N-dealkylation sites (N-methyl/N-ethyl adjacent to an activating group) is 1. The van der Waals surface area contributed by atoms with Crippen molar-refractivity contribution in [3.8, 4) is 0 Å². The minimum absolute atomic E-state index is 0.159. The van der Waals surface area contributed by atoms with Gasteiger partial charge < -0.3 is 19.8 Å². The number of benzene rings is 1. The van der Waals surface area contributed by atoms with E-state index in [0.717, 1.165) is 54.3 Å². The van der Waals surface area contributed by atoms with E-state index < -0.39 is 0 Å². The number of hydrogen-bond donors (Lipinski definition) is 1. The number of hydrogen-bond acceptors (Lipinski definition) is 7. The standard InChI is InChI=1S/C21H26N6O/c1-25-9-11-27(12-10-25)20-13-17(23-19(15-28)24-20)14-26(2)18-7-3-5-16-6-4-8-22-21(16)18/h3-8,13,28H,9-12,14-15H2,1-2H3. The van der Waals surface area contributed by atoms with Crippen molar-refractivity contribution in [2.45, 2.75) is 13.2 Å². The molecule has 0 aliphatic carbocycles. The maximum atomic E-state index is 9.64. The first kappa shape index (κ1) is 18.6.